The van der Waals surface area contributed by atoms with Crippen molar-refractivity contribution in [3.63, 3.8) is 0 Å². The molecule has 1 aliphatic carbocycles. The number of hydrogen-bond acceptors (Lipinski definition) is 5. The van der Waals surface area contributed by atoms with E-state index in [4.69, 9.17) is 9.47 Å². The van der Waals surface area contributed by atoms with E-state index < -0.39 is 12.0 Å². The van der Waals surface area contributed by atoms with Crippen molar-refractivity contribution in [2.75, 3.05) is 7.11 Å². The smallest absolute Gasteiger partial charge is 0.328 e. The normalized spacial score (nSPS) is 17.5. The molecule has 0 spiro atoms. The average Bonchev–Trinajstić information content (AvgIpc) is 2.98. The maximum atomic E-state index is 12.8. The van der Waals surface area contributed by atoms with Crippen molar-refractivity contribution in [3.8, 4) is 5.75 Å². The number of ether oxygens (including phenoxy) is 2. The van der Waals surface area contributed by atoms with E-state index in [9.17, 15) is 14.4 Å². The summed E-state index contributed by atoms with van der Waals surface area (Å²) in [6.07, 6.45) is 4.03. The summed E-state index contributed by atoms with van der Waals surface area (Å²) in [6.45, 7) is 0.475. The zero-order chi connectivity index (χ0) is 27.5. The number of methoxy groups -OCH3 is 1. The van der Waals surface area contributed by atoms with E-state index in [0.29, 0.717) is 25.0 Å². The number of benzene rings is 3. The molecule has 0 aromatic heterocycles. The predicted octanol–water partition coefficient (Wildman–Crippen LogP) is 4.84. The Bertz CT molecular complexity index is 1210. The topological polar surface area (TPSA) is 93.7 Å². The monoisotopic (exact) mass is 528 g/mol. The van der Waals surface area contributed by atoms with Gasteiger partial charge in [-0.25, -0.2) is 4.79 Å². The molecule has 2 amide bonds. The molecule has 204 valence electrons. The molecule has 1 atom stereocenters. The first kappa shape index (κ1) is 27.9. The maximum Gasteiger partial charge on any atom is 0.328 e. The van der Waals surface area contributed by atoms with Crippen LogP contribution in [0.15, 0.2) is 84.9 Å². The largest absolute Gasteiger partial charge is 0.489 e. The second-order valence-corrected chi connectivity index (χ2v) is 10.0. The van der Waals surface area contributed by atoms with Crippen LogP contribution in [0.5, 0.6) is 5.75 Å². The Kier molecular flexibility index (Phi) is 10.1. The number of hydrogen-bond donors (Lipinski definition) is 2. The van der Waals surface area contributed by atoms with Crippen LogP contribution < -0.4 is 15.4 Å². The van der Waals surface area contributed by atoms with Gasteiger partial charge >= 0.3 is 5.97 Å². The first-order chi connectivity index (χ1) is 19.0. The van der Waals surface area contributed by atoms with Crippen LogP contribution in [0.3, 0.4) is 0 Å². The SMILES string of the molecule is COC(=O)[C@H](Cc1ccc(OCc2ccccc2)cc1)NC(=O)C[C@H]1CC[C@H](NC(=O)c2ccccc2)CC1. The third-order valence-electron chi connectivity index (χ3n) is 7.12. The van der Waals surface area contributed by atoms with Gasteiger partial charge in [-0.05, 0) is 67.0 Å². The van der Waals surface area contributed by atoms with E-state index in [1.165, 1.54) is 7.11 Å². The van der Waals surface area contributed by atoms with Crippen LogP contribution in [0.4, 0.5) is 0 Å². The molecular weight excluding hydrogens is 492 g/mol. The van der Waals surface area contributed by atoms with Crippen LogP contribution >= 0.6 is 0 Å². The molecule has 1 aliphatic rings. The Morgan fingerprint density at radius 2 is 1.46 bits per heavy atom. The van der Waals surface area contributed by atoms with E-state index in [1.54, 1.807) is 12.1 Å². The second kappa shape index (κ2) is 14.1. The van der Waals surface area contributed by atoms with Crippen molar-refractivity contribution in [2.24, 2.45) is 5.92 Å². The molecule has 1 fully saturated rings. The fourth-order valence-corrected chi connectivity index (χ4v) is 4.92. The number of nitrogens with one attached hydrogen (secondary N) is 2. The van der Waals surface area contributed by atoms with Gasteiger partial charge in [-0.3, -0.25) is 9.59 Å². The number of carbonyl (C=O) groups is 3. The molecule has 3 aromatic rings. The summed E-state index contributed by atoms with van der Waals surface area (Å²) in [6, 6.07) is 26.0. The standard InChI is InChI=1S/C32H36N2O5/c1-38-32(37)29(20-23-14-18-28(19-15-23)39-22-25-8-4-2-5-9-25)34-30(35)21-24-12-16-27(17-13-24)33-31(36)26-10-6-3-7-11-26/h2-11,14-15,18-19,24,27,29H,12-13,16-17,20-22H2,1H3,(H,33,36)(H,34,35)/t24-,27-,29-/m0/s1. The summed E-state index contributed by atoms with van der Waals surface area (Å²) in [4.78, 5) is 37.7. The van der Waals surface area contributed by atoms with E-state index in [1.807, 2.05) is 72.8 Å². The van der Waals surface area contributed by atoms with Crippen molar-refractivity contribution in [3.05, 3.63) is 102 Å². The molecule has 0 aliphatic heterocycles. The molecule has 0 bridgehead atoms. The highest BCUT2D eigenvalue weighted by Gasteiger charge is 2.27. The van der Waals surface area contributed by atoms with Crippen LogP contribution in [-0.2, 0) is 27.4 Å². The molecule has 1 saturated carbocycles. The lowest BCUT2D eigenvalue weighted by molar-refractivity contribution is -0.145. The van der Waals surface area contributed by atoms with Gasteiger partial charge in [0.25, 0.3) is 5.91 Å². The van der Waals surface area contributed by atoms with E-state index in [0.717, 1.165) is 42.6 Å². The number of esters is 1. The minimum absolute atomic E-state index is 0.0616. The second-order valence-electron chi connectivity index (χ2n) is 10.0. The number of carbonyl (C=O) groups excluding carboxylic acids is 3. The van der Waals surface area contributed by atoms with Crippen molar-refractivity contribution in [2.45, 2.75) is 57.2 Å². The summed E-state index contributed by atoms with van der Waals surface area (Å²) in [5, 5.41) is 5.98. The van der Waals surface area contributed by atoms with Gasteiger partial charge in [-0.1, -0.05) is 60.7 Å². The van der Waals surface area contributed by atoms with Gasteiger partial charge in [0.05, 0.1) is 7.11 Å². The van der Waals surface area contributed by atoms with Gasteiger partial charge in [-0.2, -0.15) is 0 Å². The number of amides is 2. The first-order valence-corrected chi connectivity index (χ1v) is 13.5. The van der Waals surface area contributed by atoms with Gasteiger partial charge in [0.1, 0.15) is 18.4 Å². The Balaban J connectivity index is 1.22. The molecule has 3 aromatic carbocycles. The van der Waals surface area contributed by atoms with Gasteiger partial charge in [0, 0.05) is 24.4 Å². The minimum atomic E-state index is -0.764. The van der Waals surface area contributed by atoms with Crippen LogP contribution in [0.2, 0.25) is 0 Å². The van der Waals surface area contributed by atoms with Crippen molar-refractivity contribution in [1.82, 2.24) is 10.6 Å². The highest BCUT2D eigenvalue weighted by atomic mass is 16.5. The Hall–Kier alpha value is -4.13. The Morgan fingerprint density at radius 1 is 0.821 bits per heavy atom. The molecule has 2 N–H and O–H groups in total. The fourth-order valence-electron chi connectivity index (χ4n) is 4.92. The molecule has 0 saturated heterocycles. The third kappa shape index (κ3) is 8.70. The quantitative estimate of drug-likeness (QED) is 0.347. The minimum Gasteiger partial charge on any atom is -0.489 e. The van der Waals surface area contributed by atoms with Crippen LogP contribution in [-0.4, -0.2) is 37.0 Å². The van der Waals surface area contributed by atoms with Crippen LogP contribution in [0.25, 0.3) is 0 Å². The van der Waals surface area contributed by atoms with Crippen LogP contribution in [0.1, 0.15) is 53.6 Å². The molecule has 39 heavy (non-hydrogen) atoms. The van der Waals surface area contributed by atoms with Crippen LogP contribution in [0, 0.1) is 5.92 Å². The lowest BCUT2D eigenvalue weighted by atomic mass is 9.83. The van der Waals surface area contributed by atoms with Crippen molar-refractivity contribution < 1.29 is 23.9 Å². The first-order valence-electron chi connectivity index (χ1n) is 13.5. The molecule has 7 nitrogen and oxygen atoms in total. The molecule has 0 radical (unpaired) electrons. The summed E-state index contributed by atoms with van der Waals surface area (Å²) < 4.78 is 10.8. The zero-order valence-corrected chi connectivity index (χ0v) is 22.3. The summed E-state index contributed by atoms with van der Waals surface area (Å²) in [5.74, 6) is 0.254. The van der Waals surface area contributed by atoms with Crippen molar-refractivity contribution in [1.29, 1.82) is 0 Å². The molecular formula is C32H36N2O5. The summed E-state index contributed by atoms with van der Waals surface area (Å²) in [7, 11) is 1.33. The Labute approximate surface area is 229 Å². The highest BCUT2D eigenvalue weighted by Crippen LogP contribution is 2.27. The van der Waals surface area contributed by atoms with Gasteiger partial charge in [0.2, 0.25) is 5.91 Å². The van der Waals surface area contributed by atoms with Gasteiger partial charge in [-0.15, -0.1) is 0 Å². The predicted molar refractivity (Wildman–Crippen MR) is 149 cm³/mol. The molecule has 7 heteroatoms. The summed E-state index contributed by atoms with van der Waals surface area (Å²) >= 11 is 0. The van der Waals surface area contributed by atoms with Gasteiger partial charge in [0.15, 0.2) is 0 Å². The lowest BCUT2D eigenvalue weighted by Gasteiger charge is -2.29. The number of rotatable bonds is 11. The molecule has 0 heterocycles. The third-order valence-corrected chi connectivity index (χ3v) is 7.12. The maximum absolute atomic E-state index is 12.8. The van der Waals surface area contributed by atoms with E-state index in [2.05, 4.69) is 10.6 Å². The zero-order valence-electron chi connectivity index (χ0n) is 22.3. The Morgan fingerprint density at radius 3 is 2.10 bits per heavy atom. The summed E-state index contributed by atoms with van der Waals surface area (Å²) in [5.41, 5.74) is 2.63. The van der Waals surface area contributed by atoms with Crippen molar-refractivity contribution >= 4 is 17.8 Å². The van der Waals surface area contributed by atoms with Gasteiger partial charge < -0.3 is 20.1 Å². The molecule has 4 rings (SSSR count). The molecule has 0 unspecified atom stereocenters. The highest BCUT2D eigenvalue weighted by molar-refractivity contribution is 5.94. The lowest BCUT2D eigenvalue weighted by Crippen LogP contribution is -2.44. The fraction of sp³-hybridized carbons (Fsp3) is 0.344. The average molecular weight is 529 g/mol. The van der Waals surface area contributed by atoms with E-state index >= 15 is 0 Å². The van der Waals surface area contributed by atoms with E-state index in [-0.39, 0.29) is 23.8 Å².